The van der Waals surface area contributed by atoms with Crippen LogP contribution in [-0.4, -0.2) is 21.6 Å². The summed E-state index contributed by atoms with van der Waals surface area (Å²) in [6, 6.07) is 20.0. The molecule has 8 heteroatoms. The summed E-state index contributed by atoms with van der Waals surface area (Å²) < 4.78 is 26.2. The lowest BCUT2D eigenvalue weighted by Gasteiger charge is -2.11. The van der Waals surface area contributed by atoms with Gasteiger partial charge in [0.2, 0.25) is 6.79 Å². The Labute approximate surface area is 181 Å². The van der Waals surface area contributed by atoms with Crippen molar-refractivity contribution in [3.05, 3.63) is 83.1 Å². The fourth-order valence-corrected chi connectivity index (χ4v) is 4.45. The average Bonchev–Trinajstić information content (AvgIpc) is 3.40. The van der Waals surface area contributed by atoms with Gasteiger partial charge in [-0.05, 0) is 48.0 Å². The first-order valence-corrected chi connectivity index (χ1v) is 10.5. The lowest BCUT2D eigenvalue weighted by atomic mass is 10.2. The van der Waals surface area contributed by atoms with Crippen molar-refractivity contribution in [2.24, 2.45) is 0 Å². The van der Waals surface area contributed by atoms with Crippen LogP contribution in [0.15, 0.2) is 71.9 Å². The van der Waals surface area contributed by atoms with Crippen molar-refractivity contribution in [1.82, 2.24) is 14.8 Å². The van der Waals surface area contributed by atoms with Gasteiger partial charge in [-0.25, -0.2) is 4.39 Å². The first kappa shape index (κ1) is 19.0. The molecule has 1 aliphatic rings. The molecule has 3 aromatic carbocycles. The normalized spacial score (nSPS) is 12.3. The van der Waals surface area contributed by atoms with E-state index in [-0.39, 0.29) is 12.6 Å². The molecule has 0 unspecified atom stereocenters. The summed E-state index contributed by atoms with van der Waals surface area (Å²) in [7, 11) is 0. The monoisotopic (exact) mass is 439 g/mol. The van der Waals surface area contributed by atoms with Crippen LogP contribution in [0, 0.1) is 5.82 Å². The van der Waals surface area contributed by atoms with E-state index in [1.807, 2.05) is 53.1 Å². The minimum atomic E-state index is -0.355. The fourth-order valence-electron chi connectivity index (χ4n) is 3.18. The van der Waals surface area contributed by atoms with Crippen LogP contribution < -0.4 is 9.47 Å². The maximum atomic E-state index is 13.3. The van der Waals surface area contributed by atoms with E-state index in [1.165, 1.54) is 23.9 Å². The minimum absolute atomic E-state index is 0.212. The molecule has 0 spiro atoms. The average molecular weight is 440 g/mol. The first-order valence-electron chi connectivity index (χ1n) is 9.16. The van der Waals surface area contributed by atoms with Crippen molar-refractivity contribution in [2.45, 2.75) is 10.9 Å². The van der Waals surface area contributed by atoms with Gasteiger partial charge in [-0.3, -0.25) is 4.57 Å². The van der Waals surface area contributed by atoms with Gasteiger partial charge < -0.3 is 9.47 Å². The number of hydrogen-bond donors (Lipinski definition) is 0. The Hall–Kier alpha value is -3.03. The molecular formula is C22H15ClFN3O2S. The Balaban J connectivity index is 1.53. The maximum Gasteiger partial charge on any atom is 0.231 e. The number of para-hydroxylation sites is 1. The van der Waals surface area contributed by atoms with Crippen molar-refractivity contribution in [3.63, 3.8) is 0 Å². The van der Waals surface area contributed by atoms with Crippen LogP contribution >= 0.6 is 23.4 Å². The molecule has 0 radical (unpaired) electrons. The first-order chi connectivity index (χ1) is 14.7. The van der Waals surface area contributed by atoms with Gasteiger partial charge in [-0.15, -0.1) is 10.2 Å². The molecule has 4 aromatic rings. The molecule has 0 saturated heterocycles. The van der Waals surface area contributed by atoms with Gasteiger partial charge in [-0.1, -0.05) is 47.6 Å². The molecule has 30 heavy (non-hydrogen) atoms. The topological polar surface area (TPSA) is 49.2 Å². The summed E-state index contributed by atoms with van der Waals surface area (Å²) in [5.41, 5.74) is 2.63. The molecule has 0 N–H and O–H groups in total. The highest BCUT2D eigenvalue weighted by Crippen LogP contribution is 2.37. The summed E-state index contributed by atoms with van der Waals surface area (Å²) in [4.78, 5) is 0. The molecule has 5 nitrogen and oxygen atoms in total. The van der Waals surface area contributed by atoms with Crippen LogP contribution in [0.4, 0.5) is 4.39 Å². The molecule has 2 heterocycles. The number of rotatable bonds is 5. The Morgan fingerprint density at radius 2 is 1.80 bits per heavy atom. The zero-order chi connectivity index (χ0) is 20.5. The highest BCUT2D eigenvalue weighted by molar-refractivity contribution is 7.98. The zero-order valence-corrected chi connectivity index (χ0v) is 17.2. The summed E-state index contributed by atoms with van der Waals surface area (Å²) in [6.07, 6.45) is 0. The van der Waals surface area contributed by atoms with Gasteiger partial charge in [0.1, 0.15) is 5.82 Å². The van der Waals surface area contributed by atoms with E-state index in [1.54, 1.807) is 6.07 Å². The second kappa shape index (κ2) is 8.01. The van der Waals surface area contributed by atoms with Gasteiger partial charge in [0.15, 0.2) is 22.5 Å². The summed E-state index contributed by atoms with van der Waals surface area (Å²) >= 11 is 7.67. The Kier molecular flexibility index (Phi) is 5.06. The van der Waals surface area contributed by atoms with Gasteiger partial charge in [0.05, 0.1) is 0 Å². The van der Waals surface area contributed by atoms with E-state index in [0.717, 1.165) is 16.8 Å². The Bertz CT molecular complexity index is 1220. The Morgan fingerprint density at radius 1 is 0.967 bits per heavy atom. The molecule has 0 bridgehead atoms. The highest BCUT2D eigenvalue weighted by Gasteiger charge is 2.20. The van der Waals surface area contributed by atoms with Crippen molar-refractivity contribution in [2.75, 3.05) is 6.79 Å². The van der Waals surface area contributed by atoms with Crippen molar-refractivity contribution < 1.29 is 13.9 Å². The largest absolute Gasteiger partial charge is 0.454 e. The molecule has 0 saturated carbocycles. The van der Waals surface area contributed by atoms with E-state index >= 15 is 0 Å². The molecule has 0 aliphatic carbocycles. The minimum Gasteiger partial charge on any atom is -0.454 e. The van der Waals surface area contributed by atoms with Crippen molar-refractivity contribution >= 4 is 23.4 Å². The van der Waals surface area contributed by atoms with Crippen LogP contribution in [-0.2, 0) is 5.75 Å². The van der Waals surface area contributed by atoms with Gasteiger partial charge >= 0.3 is 0 Å². The number of hydrogen-bond acceptors (Lipinski definition) is 5. The number of nitrogens with zero attached hydrogens (tertiary/aromatic N) is 3. The summed E-state index contributed by atoms with van der Waals surface area (Å²) in [5.74, 6) is 2.26. The highest BCUT2D eigenvalue weighted by atomic mass is 35.5. The molecule has 0 fully saturated rings. The van der Waals surface area contributed by atoms with E-state index in [9.17, 15) is 4.39 Å². The second-order valence-corrected chi connectivity index (χ2v) is 7.92. The van der Waals surface area contributed by atoms with Gasteiger partial charge in [0.25, 0.3) is 0 Å². The lowest BCUT2D eigenvalue weighted by Crippen LogP contribution is -1.99. The van der Waals surface area contributed by atoms with Crippen LogP contribution in [0.1, 0.15) is 5.56 Å². The number of aromatic nitrogens is 3. The third kappa shape index (κ3) is 3.62. The number of fused-ring (bicyclic) bond motifs is 1. The number of halogens is 2. The van der Waals surface area contributed by atoms with E-state index in [2.05, 4.69) is 10.2 Å². The van der Waals surface area contributed by atoms with Gasteiger partial charge in [-0.2, -0.15) is 0 Å². The summed E-state index contributed by atoms with van der Waals surface area (Å²) in [5, 5.41) is 9.95. The SMILES string of the molecule is Fc1ccc(CSc2nnc(-c3ccc4c(c3)OCO4)n2-c2ccccc2)c(Cl)c1. The molecule has 1 aromatic heterocycles. The third-order valence-electron chi connectivity index (χ3n) is 4.65. The standard InChI is InChI=1S/C22H15ClFN3O2S/c23-18-11-16(24)8-6-15(18)12-30-22-26-25-21(27(22)17-4-2-1-3-5-17)14-7-9-19-20(10-14)29-13-28-19/h1-11H,12-13H2. The van der Waals surface area contributed by atoms with Gasteiger partial charge in [0, 0.05) is 22.0 Å². The van der Waals surface area contributed by atoms with Crippen LogP contribution in [0.25, 0.3) is 17.1 Å². The second-order valence-electron chi connectivity index (χ2n) is 6.57. The predicted molar refractivity (Wildman–Crippen MR) is 114 cm³/mol. The van der Waals surface area contributed by atoms with Crippen molar-refractivity contribution in [1.29, 1.82) is 0 Å². The number of ether oxygens (including phenoxy) is 2. The van der Waals surface area contributed by atoms with E-state index in [0.29, 0.717) is 33.3 Å². The quantitative estimate of drug-likeness (QED) is 0.371. The molecule has 0 amide bonds. The maximum absolute atomic E-state index is 13.3. The molecule has 0 atom stereocenters. The zero-order valence-electron chi connectivity index (χ0n) is 15.6. The van der Waals surface area contributed by atoms with Crippen LogP contribution in [0.5, 0.6) is 11.5 Å². The fraction of sp³-hybridized carbons (Fsp3) is 0.0909. The van der Waals surface area contributed by atoms with Crippen LogP contribution in [0.2, 0.25) is 5.02 Å². The predicted octanol–water partition coefficient (Wildman–Crippen LogP) is 5.75. The number of benzene rings is 3. The molecule has 1 aliphatic heterocycles. The number of thioether (sulfide) groups is 1. The molecule has 5 rings (SSSR count). The third-order valence-corrected chi connectivity index (χ3v) is 5.98. The Morgan fingerprint density at radius 3 is 2.63 bits per heavy atom. The van der Waals surface area contributed by atoms with Crippen molar-refractivity contribution in [3.8, 4) is 28.6 Å². The van der Waals surface area contributed by atoms with E-state index < -0.39 is 0 Å². The molecule has 150 valence electrons. The molecular weight excluding hydrogens is 425 g/mol. The lowest BCUT2D eigenvalue weighted by molar-refractivity contribution is 0.174. The van der Waals surface area contributed by atoms with E-state index in [4.69, 9.17) is 21.1 Å². The summed E-state index contributed by atoms with van der Waals surface area (Å²) in [6.45, 7) is 0.212. The smallest absolute Gasteiger partial charge is 0.231 e. The van der Waals surface area contributed by atoms with Crippen LogP contribution in [0.3, 0.4) is 0 Å².